The van der Waals surface area contributed by atoms with Crippen molar-refractivity contribution in [3.05, 3.63) is 35.1 Å². The second-order valence-corrected chi connectivity index (χ2v) is 9.18. The molecule has 2 bridgehead atoms. The fraction of sp³-hybridized carbons (Fsp3) is 0.591. The Labute approximate surface area is 164 Å². The van der Waals surface area contributed by atoms with Gasteiger partial charge in [-0.3, -0.25) is 14.4 Å². The maximum atomic E-state index is 13.8. The molecule has 4 atom stereocenters. The molecule has 0 radical (unpaired) electrons. The molecule has 150 valence electrons. The number of hydrogen-bond donors (Lipinski definition) is 0. The zero-order chi connectivity index (χ0) is 20.4. The summed E-state index contributed by atoms with van der Waals surface area (Å²) in [5, 5.41) is 0. The smallest absolute Gasteiger partial charge is 0.254 e. The van der Waals surface area contributed by atoms with E-state index in [0.717, 1.165) is 6.42 Å². The third-order valence-electron chi connectivity index (χ3n) is 7.34. The van der Waals surface area contributed by atoms with Crippen molar-refractivity contribution in [2.75, 3.05) is 13.1 Å². The standard InChI is InChI=1S/C22H27FN2O3/c1-12-16(6-5-7-19(12)23)20(27)24-10-15-8-14(24)11-25(15)21(28)18-9-17(13(2)26)22(18,3)4/h5-7,14-15,17-18H,8-11H2,1-4H3/t14-,15-,17-,18+/m0/s1. The summed E-state index contributed by atoms with van der Waals surface area (Å²) >= 11 is 0. The summed E-state index contributed by atoms with van der Waals surface area (Å²) in [6.07, 6.45) is 1.40. The van der Waals surface area contributed by atoms with E-state index in [-0.39, 0.29) is 52.7 Å². The van der Waals surface area contributed by atoms with Gasteiger partial charge in [-0.15, -0.1) is 0 Å². The first-order valence-corrected chi connectivity index (χ1v) is 10.00. The van der Waals surface area contributed by atoms with Crippen LogP contribution in [-0.2, 0) is 9.59 Å². The average molecular weight is 386 g/mol. The quantitative estimate of drug-likeness (QED) is 0.803. The number of hydrogen-bond acceptors (Lipinski definition) is 3. The van der Waals surface area contributed by atoms with E-state index >= 15 is 0 Å². The maximum Gasteiger partial charge on any atom is 0.254 e. The van der Waals surface area contributed by atoms with Gasteiger partial charge in [-0.25, -0.2) is 4.39 Å². The number of carbonyl (C=O) groups excluding carboxylic acids is 3. The van der Waals surface area contributed by atoms with E-state index in [1.165, 1.54) is 6.07 Å². The molecular weight excluding hydrogens is 359 g/mol. The van der Waals surface area contributed by atoms with E-state index in [4.69, 9.17) is 0 Å². The van der Waals surface area contributed by atoms with Crippen LogP contribution in [0.25, 0.3) is 0 Å². The number of nitrogens with zero attached hydrogens (tertiary/aromatic N) is 2. The molecule has 0 N–H and O–H groups in total. The Morgan fingerprint density at radius 1 is 1.04 bits per heavy atom. The predicted molar refractivity (Wildman–Crippen MR) is 102 cm³/mol. The molecule has 2 saturated heterocycles. The van der Waals surface area contributed by atoms with Crippen LogP contribution in [0.2, 0.25) is 0 Å². The molecule has 28 heavy (non-hydrogen) atoms. The SMILES string of the molecule is CC(=O)[C@@H]1C[C@H](C(=O)N2C[C@@H]3C[C@H]2CN3C(=O)c2cccc(F)c2C)C1(C)C. The maximum absolute atomic E-state index is 13.8. The predicted octanol–water partition coefficient (Wildman–Crippen LogP) is 2.81. The van der Waals surface area contributed by atoms with Crippen molar-refractivity contribution in [2.24, 2.45) is 17.3 Å². The van der Waals surface area contributed by atoms with Gasteiger partial charge in [-0.05, 0) is 49.8 Å². The third-order valence-corrected chi connectivity index (χ3v) is 7.34. The van der Waals surface area contributed by atoms with Crippen LogP contribution in [0.15, 0.2) is 18.2 Å². The van der Waals surface area contributed by atoms with Crippen molar-refractivity contribution in [1.82, 2.24) is 9.80 Å². The van der Waals surface area contributed by atoms with Gasteiger partial charge >= 0.3 is 0 Å². The lowest BCUT2D eigenvalue weighted by Crippen LogP contribution is -2.59. The van der Waals surface area contributed by atoms with Gasteiger partial charge in [0.05, 0.1) is 12.1 Å². The van der Waals surface area contributed by atoms with E-state index in [2.05, 4.69) is 0 Å². The zero-order valence-electron chi connectivity index (χ0n) is 16.9. The Bertz CT molecular complexity index is 865. The topological polar surface area (TPSA) is 57.7 Å². The number of rotatable bonds is 3. The lowest BCUT2D eigenvalue weighted by Gasteiger charge is -2.52. The Morgan fingerprint density at radius 2 is 1.68 bits per heavy atom. The summed E-state index contributed by atoms with van der Waals surface area (Å²) in [6, 6.07) is 4.58. The number of carbonyl (C=O) groups is 3. The van der Waals surface area contributed by atoms with Crippen LogP contribution in [0.4, 0.5) is 4.39 Å². The van der Waals surface area contributed by atoms with Crippen molar-refractivity contribution >= 4 is 17.6 Å². The first kappa shape index (κ1) is 19.1. The number of halogens is 1. The largest absolute Gasteiger partial charge is 0.336 e. The third kappa shape index (κ3) is 2.68. The number of Topliss-reactive ketones (excluding diaryl/α,β-unsaturated/α-hetero) is 1. The Kier molecular flexibility index (Phi) is 4.36. The van der Waals surface area contributed by atoms with E-state index < -0.39 is 0 Å². The highest BCUT2D eigenvalue weighted by Crippen LogP contribution is 2.53. The second-order valence-electron chi connectivity index (χ2n) is 9.18. The summed E-state index contributed by atoms with van der Waals surface area (Å²) in [4.78, 5) is 41.5. The van der Waals surface area contributed by atoms with Gasteiger partial charge in [0.15, 0.2) is 0 Å². The molecule has 3 fully saturated rings. The lowest BCUT2D eigenvalue weighted by atomic mass is 9.53. The van der Waals surface area contributed by atoms with Gasteiger partial charge in [-0.2, -0.15) is 0 Å². The molecule has 1 aromatic carbocycles. The monoisotopic (exact) mass is 386 g/mol. The van der Waals surface area contributed by atoms with Gasteiger partial charge in [0.1, 0.15) is 11.6 Å². The van der Waals surface area contributed by atoms with Gasteiger partial charge in [-0.1, -0.05) is 19.9 Å². The van der Waals surface area contributed by atoms with Crippen LogP contribution in [0.3, 0.4) is 0 Å². The zero-order valence-corrected chi connectivity index (χ0v) is 16.9. The number of piperazine rings is 1. The first-order valence-electron chi connectivity index (χ1n) is 10.00. The van der Waals surface area contributed by atoms with Crippen molar-refractivity contribution in [1.29, 1.82) is 0 Å². The molecule has 6 heteroatoms. The number of likely N-dealkylation sites (tertiary alicyclic amines) is 2. The molecule has 2 heterocycles. The molecule has 2 amide bonds. The second kappa shape index (κ2) is 6.39. The molecule has 1 aromatic rings. The molecule has 0 aromatic heterocycles. The minimum atomic E-state index is -0.376. The fourth-order valence-corrected chi connectivity index (χ4v) is 5.41. The van der Waals surface area contributed by atoms with Gasteiger partial charge in [0.2, 0.25) is 5.91 Å². The Morgan fingerprint density at radius 3 is 2.25 bits per heavy atom. The van der Waals surface area contributed by atoms with Crippen molar-refractivity contribution in [2.45, 2.75) is 52.6 Å². The molecule has 1 saturated carbocycles. The normalized spacial score (nSPS) is 30.3. The molecule has 4 rings (SSSR count). The van der Waals surface area contributed by atoms with Crippen LogP contribution in [0.1, 0.15) is 49.5 Å². The number of amides is 2. The lowest BCUT2D eigenvalue weighted by molar-refractivity contribution is -0.158. The molecule has 3 aliphatic rings. The molecule has 0 unspecified atom stereocenters. The number of ketones is 1. The highest BCUT2D eigenvalue weighted by atomic mass is 19.1. The van der Waals surface area contributed by atoms with Crippen molar-refractivity contribution in [3.63, 3.8) is 0 Å². The van der Waals surface area contributed by atoms with Gasteiger partial charge in [0, 0.05) is 30.5 Å². The minimum absolute atomic E-state index is 0.0162. The van der Waals surface area contributed by atoms with E-state index in [1.807, 2.05) is 18.7 Å². The van der Waals surface area contributed by atoms with E-state index in [0.29, 0.717) is 30.6 Å². The van der Waals surface area contributed by atoms with Crippen molar-refractivity contribution < 1.29 is 18.8 Å². The van der Waals surface area contributed by atoms with E-state index in [9.17, 15) is 18.8 Å². The Balaban J connectivity index is 1.45. The molecule has 0 spiro atoms. The summed E-state index contributed by atoms with van der Waals surface area (Å²) in [6.45, 7) is 8.25. The minimum Gasteiger partial charge on any atom is -0.336 e. The summed E-state index contributed by atoms with van der Waals surface area (Å²) in [5.41, 5.74) is 0.461. The van der Waals surface area contributed by atoms with Crippen molar-refractivity contribution in [3.8, 4) is 0 Å². The van der Waals surface area contributed by atoms with Crippen LogP contribution in [0, 0.1) is 30.0 Å². The van der Waals surface area contributed by atoms with Crippen LogP contribution < -0.4 is 0 Å². The average Bonchev–Trinajstić information content (AvgIpc) is 3.23. The molecule has 5 nitrogen and oxygen atoms in total. The van der Waals surface area contributed by atoms with Crippen LogP contribution >= 0.6 is 0 Å². The van der Waals surface area contributed by atoms with E-state index in [1.54, 1.807) is 30.9 Å². The fourth-order valence-electron chi connectivity index (χ4n) is 5.41. The van der Waals surface area contributed by atoms with Gasteiger partial charge < -0.3 is 9.80 Å². The summed E-state index contributed by atoms with van der Waals surface area (Å²) in [7, 11) is 0. The summed E-state index contributed by atoms with van der Waals surface area (Å²) < 4.78 is 13.8. The molecule has 2 aliphatic heterocycles. The number of benzene rings is 1. The Hall–Kier alpha value is -2.24. The highest BCUT2D eigenvalue weighted by molar-refractivity contribution is 5.96. The summed E-state index contributed by atoms with van der Waals surface area (Å²) in [5.74, 6) is -0.439. The first-order chi connectivity index (χ1) is 13.1. The van der Waals surface area contributed by atoms with Crippen LogP contribution in [-0.4, -0.2) is 52.6 Å². The molecular formula is C22H27FN2O3. The van der Waals surface area contributed by atoms with Crippen LogP contribution in [0.5, 0.6) is 0 Å². The van der Waals surface area contributed by atoms with Gasteiger partial charge in [0.25, 0.3) is 5.91 Å². The molecule has 1 aliphatic carbocycles. The number of fused-ring (bicyclic) bond motifs is 2. The highest BCUT2D eigenvalue weighted by Gasteiger charge is 2.57.